The van der Waals surface area contributed by atoms with Crippen molar-refractivity contribution in [1.29, 1.82) is 0 Å². The summed E-state index contributed by atoms with van der Waals surface area (Å²) in [7, 11) is 0. The van der Waals surface area contributed by atoms with Crippen LogP contribution >= 0.6 is 0 Å². The Labute approximate surface area is 111 Å². The molecule has 2 aromatic rings. The number of imidazole rings is 1. The van der Waals surface area contributed by atoms with Crippen molar-refractivity contribution in [3.63, 3.8) is 0 Å². The standard InChI is InChI=1S/C14H15N3O2/c1-10-2-4-11(5-3-10)16-6-7-17-9-15-13(14(18)19)12(17)8-16/h2-5,9H,6-8H2,1H3,(H,18,19). The number of carboxylic acid groups (broad SMARTS) is 1. The molecule has 0 radical (unpaired) electrons. The van der Waals surface area contributed by atoms with Crippen LogP contribution in [0, 0.1) is 6.92 Å². The molecule has 0 fully saturated rings. The molecule has 0 saturated heterocycles. The summed E-state index contributed by atoms with van der Waals surface area (Å²) in [4.78, 5) is 17.3. The van der Waals surface area contributed by atoms with Crippen molar-refractivity contribution in [2.75, 3.05) is 11.4 Å². The molecule has 98 valence electrons. The summed E-state index contributed by atoms with van der Waals surface area (Å²) in [5.74, 6) is -0.959. The predicted octanol–water partition coefficient (Wildman–Crippen LogP) is 1.91. The van der Waals surface area contributed by atoms with Gasteiger partial charge in [-0.25, -0.2) is 9.78 Å². The number of fused-ring (bicyclic) bond motifs is 1. The van der Waals surface area contributed by atoms with Crippen LogP contribution in [0.5, 0.6) is 0 Å². The molecular formula is C14H15N3O2. The topological polar surface area (TPSA) is 58.4 Å². The molecule has 1 aliphatic heterocycles. The molecule has 19 heavy (non-hydrogen) atoms. The lowest BCUT2D eigenvalue weighted by molar-refractivity contribution is 0.0689. The normalized spacial score (nSPS) is 14.3. The van der Waals surface area contributed by atoms with Gasteiger partial charge in [-0.1, -0.05) is 17.7 Å². The van der Waals surface area contributed by atoms with Gasteiger partial charge in [0, 0.05) is 18.8 Å². The first-order valence-electron chi connectivity index (χ1n) is 6.24. The van der Waals surface area contributed by atoms with Crippen LogP contribution in [-0.2, 0) is 13.1 Å². The second-order valence-corrected chi connectivity index (χ2v) is 4.80. The number of hydrogen-bond donors (Lipinski definition) is 1. The summed E-state index contributed by atoms with van der Waals surface area (Å²) in [6, 6.07) is 8.28. The summed E-state index contributed by atoms with van der Waals surface area (Å²) >= 11 is 0. The molecule has 0 unspecified atom stereocenters. The average Bonchev–Trinajstić information content (AvgIpc) is 2.82. The number of anilines is 1. The van der Waals surface area contributed by atoms with E-state index < -0.39 is 5.97 Å². The molecule has 0 spiro atoms. The zero-order valence-corrected chi connectivity index (χ0v) is 10.7. The number of aromatic carboxylic acids is 1. The van der Waals surface area contributed by atoms with E-state index in [1.807, 2.05) is 4.57 Å². The predicted molar refractivity (Wildman–Crippen MR) is 71.4 cm³/mol. The summed E-state index contributed by atoms with van der Waals surface area (Å²) in [6.45, 7) is 4.28. The Hall–Kier alpha value is -2.30. The SMILES string of the molecule is Cc1ccc(N2CCn3cnc(C(=O)O)c3C2)cc1. The van der Waals surface area contributed by atoms with Gasteiger partial charge in [0.2, 0.25) is 0 Å². The van der Waals surface area contributed by atoms with Gasteiger partial charge in [0.15, 0.2) is 5.69 Å². The minimum atomic E-state index is -0.959. The van der Waals surface area contributed by atoms with Crippen molar-refractivity contribution >= 4 is 11.7 Å². The van der Waals surface area contributed by atoms with E-state index in [2.05, 4.69) is 41.1 Å². The molecule has 0 aliphatic carbocycles. The van der Waals surface area contributed by atoms with Crippen LogP contribution in [0.15, 0.2) is 30.6 Å². The minimum Gasteiger partial charge on any atom is -0.476 e. The van der Waals surface area contributed by atoms with Crippen molar-refractivity contribution in [1.82, 2.24) is 9.55 Å². The van der Waals surface area contributed by atoms with Crippen LogP contribution in [0.3, 0.4) is 0 Å². The molecule has 5 heteroatoms. The van der Waals surface area contributed by atoms with Gasteiger partial charge in [-0.2, -0.15) is 0 Å². The van der Waals surface area contributed by atoms with E-state index >= 15 is 0 Å². The average molecular weight is 257 g/mol. The summed E-state index contributed by atoms with van der Waals surface area (Å²) < 4.78 is 1.92. The molecule has 2 heterocycles. The van der Waals surface area contributed by atoms with Gasteiger partial charge in [-0.05, 0) is 19.1 Å². The first kappa shape index (κ1) is 11.8. The van der Waals surface area contributed by atoms with Crippen molar-refractivity contribution < 1.29 is 9.90 Å². The molecule has 1 N–H and O–H groups in total. The molecule has 3 rings (SSSR count). The third kappa shape index (κ3) is 2.07. The maximum absolute atomic E-state index is 11.1. The molecule has 0 amide bonds. The molecule has 1 aromatic carbocycles. The van der Waals surface area contributed by atoms with Gasteiger partial charge < -0.3 is 14.6 Å². The number of hydrogen-bond acceptors (Lipinski definition) is 3. The van der Waals surface area contributed by atoms with E-state index in [-0.39, 0.29) is 5.69 Å². The Morgan fingerprint density at radius 2 is 2.00 bits per heavy atom. The van der Waals surface area contributed by atoms with E-state index in [0.29, 0.717) is 6.54 Å². The van der Waals surface area contributed by atoms with Crippen LogP contribution in [0.25, 0.3) is 0 Å². The molecule has 5 nitrogen and oxygen atoms in total. The lowest BCUT2D eigenvalue weighted by atomic mass is 10.2. The quantitative estimate of drug-likeness (QED) is 0.892. The van der Waals surface area contributed by atoms with Crippen LogP contribution in [0.4, 0.5) is 5.69 Å². The maximum Gasteiger partial charge on any atom is 0.356 e. The fourth-order valence-electron chi connectivity index (χ4n) is 2.41. The maximum atomic E-state index is 11.1. The van der Waals surface area contributed by atoms with Gasteiger partial charge in [0.05, 0.1) is 18.6 Å². The zero-order valence-electron chi connectivity index (χ0n) is 10.7. The highest BCUT2D eigenvalue weighted by atomic mass is 16.4. The molecule has 0 bridgehead atoms. The lowest BCUT2D eigenvalue weighted by Gasteiger charge is -2.30. The van der Waals surface area contributed by atoms with Gasteiger partial charge in [0.1, 0.15) is 0 Å². The summed E-state index contributed by atoms with van der Waals surface area (Å²) in [6.07, 6.45) is 1.62. The lowest BCUT2D eigenvalue weighted by Crippen LogP contribution is -2.34. The third-order valence-electron chi connectivity index (χ3n) is 3.50. The minimum absolute atomic E-state index is 0.164. The van der Waals surface area contributed by atoms with Crippen LogP contribution in [0.2, 0.25) is 0 Å². The fourth-order valence-corrected chi connectivity index (χ4v) is 2.41. The van der Waals surface area contributed by atoms with Crippen molar-refractivity contribution in [2.24, 2.45) is 0 Å². The van der Waals surface area contributed by atoms with Crippen LogP contribution in [0.1, 0.15) is 21.7 Å². The molecule has 1 aliphatic rings. The Bertz CT molecular complexity index is 616. The Kier molecular flexibility index (Phi) is 2.74. The number of aromatic nitrogens is 2. The van der Waals surface area contributed by atoms with E-state index in [0.717, 1.165) is 24.5 Å². The second kappa shape index (κ2) is 4.42. The number of benzene rings is 1. The highest BCUT2D eigenvalue weighted by molar-refractivity contribution is 5.86. The fraction of sp³-hybridized carbons (Fsp3) is 0.286. The van der Waals surface area contributed by atoms with Crippen molar-refractivity contribution in [2.45, 2.75) is 20.0 Å². The molecular weight excluding hydrogens is 242 g/mol. The Morgan fingerprint density at radius 3 is 2.68 bits per heavy atom. The highest BCUT2D eigenvalue weighted by Crippen LogP contribution is 2.23. The number of carboxylic acids is 1. The number of nitrogens with zero attached hydrogens (tertiary/aromatic N) is 3. The monoisotopic (exact) mass is 257 g/mol. The number of carbonyl (C=O) groups is 1. The van der Waals surface area contributed by atoms with Gasteiger partial charge in [0.25, 0.3) is 0 Å². The van der Waals surface area contributed by atoms with E-state index in [1.165, 1.54) is 5.56 Å². The summed E-state index contributed by atoms with van der Waals surface area (Å²) in [5, 5.41) is 9.13. The smallest absolute Gasteiger partial charge is 0.356 e. The Morgan fingerprint density at radius 1 is 1.26 bits per heavy atom. The zero-order chi connectivity index (χ0) is 13.4. The molecule has 0 saturated carbocycles. The molecule has 1 aromatic heterocycles. The van der Waals surface area contributed by atoms with Gasteiger partial charge in [-0.3, -0.25) is 0 Å². The van der Waals surface area contributed by atoms with E-state index in [9.17, 15) is 4.79 Å². The van der Waals surface area contributed by atoms with Crippen LogP contribution in [-0.4, -0.2) is 27.2 Å². The van der Waals surface area contributed by atoms with Crippen molar-refractivity contribution in [3.8, 4) is 0 Å². The summed E-state index contributed by atoms with van der Waals surface area (Å²) in [5.41, 5.74) is 3.28. The van der Waals surface area contributed by atoms with Crippen molar-refractivity contribution in [3.05, 3.63) is 47.5 Å². The number of rotatable bonds is 2. The highest BCUT2D eigenvalue weighted by Gasteiger charge is 2.23. The van der Waals surface area contributed by atoms with Gasteiger partial charge >= 0.3 is 5.97 Å². The largest absolute Gasteiger partial charge is 0.476 e. The molecule has 0 atom stereocenters. The van der Waals surface area contributed by atoms with Crippen LogP contribution < -0.4 is 4.90 Å². The Balaban J connectivity index is 1.90. The van der Waals surface area contributed by atoms with E-state index in [4.69, 9.17) is 5.11 Å². The third-order valence-corrected chi connectivity index (χ3v) is 3.50. The second-order valence-electron chi connectivity index (χ2n) is 4.80. The first-order chi connectivity index (χ1) is 9.15. The first-order valence-corrected chi connectivity index (χ1v) is 6.24. The van der Waals surface area contributed by atoms with E-state index in [1.54, 1.807) is 6.33 Å². The van der Waals surface area contributed by atoms with Gasteiger partial charge in [-0.15, -0.1) is 0 Å². The number of aryl methyl sites for hydroxylation is 1.